The highest BCUT2D eigenvalue weighted by molar-refractivity contribution is 6.17. The number of fused-ring (bicyclic) bond motifs is 6. The lowest BCUT2D eigenvalue weighted by atomic mass is 10.0. The first-order valence-electron chi connectivity index (χ1n) is 10.7. The van der Waals surface area contributed by atoms with Gasteiger partial charge in [0.1, 0.15) is 0 Å². The summed E-state index contributed by atoms with van der Waals surface area (Å²) in [6, 6.07) is 18.0. The van der Waals surface area contributed by atoms with Crippen molar-refractivity contribution >= 4 is 33.0 Å². The van der Waals surface area contributed by atoms with Crippen molar-refractivity contribution in [3.8, 4) is 0 Å². The van der Waals surface area contributed by atoms with Crippen molar-refractivity contribution in [2.45, 2.75) is 32.4 Å². The van der Waals surface area contributed by atoms with Crippen LogP contribution in [-0.2, 0) is 25.9 Å². The van der Waals surface area contributed by atoms with E-state index in [-0.39, 0.29) is 0 Å². The lowest BCUT2D eigenvalue weighted by molar-refractivity contribution is 0.810. The van der Waals surface area contributed by atoms with Gasteiger partial charge in [-0.15, -0.1) is 0 Å². The molecule has 0 N–H and O–H groups in total. The molecule has 3 aliphatic carbocycles. The van der Waals surface area contributed by atoms with Crippen molar-refractivity contribution in [3.05, 3.63) is 94.3 Å². The minimum Gasteiger partial charge on any atom is -0.336 e. The molecule has 0 saturated carbocycles. The molecule has 2 aromatic heterocycles. The number of hydrogen-bond acceptors (Lipinski definition) is 0. The van der Waals surface area contributed by atoms with Gasteiger partial charge in [-0.05, 0) is 42.5 Å². The molecule has 29 heavy (non-hydrogen) atoms. The number of benzene rings is 2. The minimum absolute atomic E-state index is 0.955. The van der Waals surface area contributed by atoms with Crippen LogP contribution < -0.4 is 0 Å². The summed E-state index contributed by atoms with van der Waals surface area (Å²) in [5.74, 6) is 0. The van der Waals surface area contributed by atoms with E-state index < -0.39 is 0 Å². The van der Waals surface area contributed by atoms with Crippen molar-refractivity contribution in [2.24, 2.45) is 0 Å². The first-order valence-corrected chi connectivity index (χ1v) is 10.7. The van der Waals surface area contributed by atoms with Crippen molar-refractivity contribution in [3.63, 3.8) is 0 Å². The van der Waals surface area contributed by atoms with E-state index in [9.17, 15) is 0 Å². The van der Waals surface area contributed by atoms with E-state index in [1.165, 1.54) is 39.6 Å². The molecule has 0 amide bonds. The van der Waals surface area contributed by atoms with Gasteiger partial charge in [-0.2, -0.15) is 0 Å². The van der Waals surface area contributed by atoms with Crippen LogP contribution in [0.3, 0.4) is 0 Å². The van der Waals surface area contributed by atoms with Crippen molar-refractivity contribution < 1.29 is 0 Å². The van der Waals surface area contributed by atoms with Crippen LogP contribution >= 0.6 is 0 Å². The maximum atomic E-state index is 2.58. The number of allylic oxidation sites excluding steroid dienone is 6. The fraction of sp³-hybridized carbons (Fsp3) is 0.185. The van der Waals surface area contributed by atoms with Crippen LogP contribution in [0.15, 0.2) is 71.8 Å². The lowest BCUT2D eigenvalue weighted by Crippen LogP contribution is -2.07. The quantitative estimate of drug-likeness (QED) is 0.341. The molecule has 0 unspecified atom stereocenters. The summed E-state index contributed by atoms with van der Waals surface area (Å²) in [6.45, 7) is 1.91. The molecule has 0 fully saturated rings. The topological polar surface area (TPSA) is 9.86 Å². The highest BCUT2D eigenvalue weighted by Gasteiger charge is 2.41. The molecule has 138 valence electrons. The van der Waals surface area contributed by atoms with Gasteiger partial charge in [0, 0.05) is 46.0 Å². The maximum absolute atomic E-state index is 2.58. The average Bonchev–Trinajstić information content (AvgIpc) is 3.49. The number of hydrogen-bond donors (Lipinski definition) is 0. The summed E-state index contributed by atoms with van der Waals surface area (Å²) >= 11 is 0. The Morgan fingerprint density at radius 2 is 1.03 bits per heavy atom. The fourth-order valence-electron chi connectivity index (χ4n) is 6.51. The Bertz CT molecular complexity index is 1400. The lowest BCUT2D eigenvalue weighted by Gasteiger charge is -2.17. The van der Waals surface area contributed by atoms with E-state index in [0.29, 0.717) is 0 Å². The zero-order valence-corrected chi connectivity index (χ0v) is 16.2. The number of rotatable bonds is 0. The van der Waals surface area contributed by atoms with Gasteiger partial charge >= 0.3 is 0 Å². The fourth-order valence-corrected chi connectivity index (χ4v) is 6.51. The normalized spacial score (nSPS) is 19.7. The third-order valence-electron chi connectivity index (χ3n) is 7.53. The molecule has 4 aliphatic rings. The minimum atomic E-state index is 0.955. The predicted octanol–water partition coefficient (Wildman–Crippen LogP) is 5.89. The molecule has 0 bridgehead atoms. The summed E-state index contributed by atoms with van der Waals surface area (Å²) in [5, 5.41) is 2.90. The molecule has 0 radical (unpaired) electrons. The van der Waals surface area contributed by atoms with E-state index >= 15 is 0 Å². The summed E-state index contributed by atoms with van der Waals surface area (Å²) < 4.78 is 5.16. The monoisotopic (exact) mass is 372 g/mol. The van der Waals surface area contributed by atoms with Crippen molar-refractivity contribution in [1.82, 2.24) is 9.13 Å². The van der Waals surface area contributed by atoms with E-state index in [4.69, 9.17) is 0 Å². The standard InChI is InChI=1S/C27H20N2/c1-3-9-22-18(7-1)20-14-16-13-17-15-21-19-8-2-4-10-23(19)29-12-6-5-11-28(22)26(20)24(16)25(17)27(21)29/h1-10H,11-15H2/b6-5-. The summed E-state index contributed by atoms with van der Waals surface area (Å²) in [6.07, 6.45) is 8.16. The van der Waals surface area contributed by atoms with Crippen LogP contribution in [0.2, 0.25) is 0 Å². The molecule has 0 atom stereocenters. The van der Waals surface area contributed by atoms with Crippen LogP contribution in [0.25, 0.3) is 33.0 Å². The third kappa shape index (κ3) is 1.59. The summed E-state index contributed by atoms with van der Waals surface area (Å²) in [5.41, 5.74) is 15.4. The second-order valence-corrected chi connectivity index (χ2v) is 8.87. The average molecular weight is 372 g/mol. The zero-order valence-electron chi connectivity index (χ0n) is 16.2. The zero-order chi connectivity index (χ0) is 18.7. The second kappa shape index (κ2) is 4.83. The Balaban J connectivity index is 1.51. The van der Waals surface area contributed by atoms with Crippen LogP contribution in [0, 0.1) is 0 Å². The molecule has 4 aromatic rings. The molecule has 2 nitrogen and oxygen atoms in total. The Labute approximate surface area is 169 Å². The molecule has 0 saturated heterocycles. The van der Waals surface area contributed by atoms with E-state index in [0.717, 1.165) is 25.9 Å². The van der Waals surface area contributed by atoms with Gasteiger partial charge in [-0.3, -0.25) is 0 Å². The Hall–Kier alpha value is -3.26. The van der Waals surface area contributed by atoms with Gasteiger partial charge in [0.25, 0.3) is 0 Å². The van der Waals surface area contributed by atoms with Gasteiger partial charge in [0.15, 0.2) is 0 Å². The molecule has 3 heterocycles. The smallest absolute Gasteiger partial charge is 0.0536 e. The van der Waals surface area contributed by atoms with Crippen LogP contribution in [0.5, 0.6) is 0 Å². The predicted molar refractivity (Wildman–Crippen MR) is 119 cm³/mol. The van der Waals surface area contributed by atoms with E-state index in [1.54, 1.807) is 33.4 Å². The highest BCUT2D eigenvalue weighted by atomic mass is 15.0. The Morgan fingerprint density at radius 3 is 1.55 bits per heavy atom. The number of aromatic nitrogens is 2. The molecule has 1 aliphatic heterocycles. The molecule has 0 spiro atoms. The second-order valence-electron chi connectivity index (χ2n) is 8.87. The van der Waals surface area contributed by atoms with Crippen molar-refractivity contribution in [2.75, 3.05) is 0 Å². The van der Waals surface area contributed by atoms with Gasteiger partial charge in [0.05, 0.1) is 11.4 Å². The van der Waals surface area contributed by atoms with E-state index in [2.05, 4.69) is 69.8 Å². The molecular weight excluding hydrogens is 352 g/mol. The SMILES string of the molecule is C1=C\Cn2c3c(c4ccccc42)CC2=C3C3=C(C2)Cc2c3n(c3ccccc23)C/1. The van der Waals surface area contributed by atoms with Gasteiger partial charge < -0.3 is 9.13 Å². The van der Waals surface area contributed by atoms with Crippen molar-refractivity contribution in [1.29, 1.82) is 0 Å². The van der Waals surface area contributed by atoms with E-state index in [1.807, 2.05) is 0 Å². The third-order valence-corrected chi connectivity index (χ3v) is 7.53. The highest BCUT2D eigenvalue weighted by Crippen LogP contribution is 2.57. The van der Waals surface area contributed by atoms with Crippen LogP contribution in [-0.4, -0.2) is 9.13 Å². The molecular formula is C27H20N2. The summed E-state index contributed by atoms with van der Waals surface area (Å²) in [7, 11) is 0. The number of para-hydroxylation sites is 2. The molecule has 2 heteroatoms. The first-order chi connectivity index (χ1) is 14.4. The number of nitrogens with zero attached hydrogens (tertiary/aromatic N) is 2. The summed E-state index contributed by atoms with van der Waals surface area (Å²) in [4.78, 5) is 0. The van der Waals surface area contributed by atoms with Crippen LogP contribution in [0.4, 0.5) is 0 Å². The van der Waals surface area contributed by atoms with Gasteiger partial charge in [-0.1, -0.05) is 59.7 Å². The van der Waals surface area contributed by atoms with Gasteiger partial charge in [0.2, 0.25) is 0 Å². The largest absolute Gasteiger partial charge is 0.336 e. The Morgan fingerprint density at radius 1 is 0.552 bits per heavy atom. The molecule has 8 rings (SSSR count). The van der Waals surface area contributed by atoms with Crippen LogP contribution in [0.1, 0.15) is 28.9 Å². The first kappa shape index (κ1) is 14.7. The molecule has 2 aromatic carbocycles. The Kier molecular flexibility index (Phi) is 2.45. The van der Waals surface area contributed by atoms with Gasteiger partial charge in [-0.25, -0.2) is 0 Å². The maximum Gasteiger partial charge on any atom is 0.0536 e.